The van der Waals surface area contributed by atoms with Gasteiger partial charge in [-0.1, -0.05) is 0 Å². The molecule has 1 saturated heterocycles. The monoisotopic (exact) mass is 232 g/mol. The second kappa shape index (κ2) is 6.16. The molecule has 0 amide bonds. The zero-order valence-electron chi connectivity index (χ0n) is 9.72. The zero-order valence-corrected chi connectivity index (χ0v) is 9.72. The lowest BCUT2D eigenvalue weighted by Gasteiger charge is -2.22. The summed E-state index contributed by atoms with van der Waals surface area (Å²) in [4.78, 5) is 8.04. The Labute approximate surface area is 101 Å². The molecule has 1 unspecified atom stereocenters. The van der Waals surface area contributed by atoms with Gasteiger partial charge in [-0.2, -0.15) is 5.26 Å². The molecule has 5 heteroatoms. The van der Waals surface area contributed by atoms with Gasteiger partial charge in [-0.05, 0) is 25.7 Å². The largest absolute Gasteiger partial charge is 0.378 e. The maximum absolute atomic E-state index is 8.59. The number of nitriles is 1. The van der Waals surface area contributed by atoms with Crippen LogP contribution in [0.1, 0.15) is 31.4 Å². The third-order valence-electron chi connectivity index (χ3n) is 2.81. The van der Waals surface area contributed by atoms with E-state index in [-0.39, 0.29) is 0 Å². The van der Waals surface area contributed by atoms with E-state index in [2.05, 4.69) is 15.3 Å². The summed E-state index contributed by atoms with van der Waals surface area (Å²) in [6, 6.07) is 1.94. The van der Waals surface area contributed by atoms with Gasteiger partial charge in [-0.3, -0.25) is 0 Å². The van der Waals surface area contributed by atoms with E-state index in [9.17, 15) is 0 Å². The first-order chi connectivity index (χ1) is 8.38. The maximum Gasteiger partial charge on any atom is 0.158 e. The zero-order chi connectivity index (χ0) is 11.9. The van der Waals surface area contributed by atoms with Gasteiger partial charge in [0.05, 0.1) is 18.5 Å². The molecular formula is C12H16N4O. The van der Waals surface area contributed by atoms with Gasteiger partial charge in [0, 0.05) is 13.2 Å². The first-order valence-corrected chi connectivity index (χ1v) is 5.96. The third kappa shape index (κ3) is 3.68. The smallest absolute Gasteiger partial charge is 0.158 e. The highest BCUT2D eigenvalue weighted by Gasteiger charge is 2.12. The molecule has 2 rings (SSSR count). The Morgan fingerprint density at radius 1 is 1.41 bits per heavy atom. The van der Waals surface area contributed by atoms with E-state index in [1.807, 2.05) is 6.07 Å². The number of anilines is 1. The predicted molar refractivity (Wildman–Crippen MR) is 63.4 cm³/mol. The molecule has 1 aliphatic rings. The number of aromatic nitrogens is 2. The number of nitrogens with one attached hydrogen (secondary N) is 1. The van der Waals surface area contributed by atoms with Gasteiger partial charge in [-0.15, -0.1) is 0 Å². The lowest BCUT2D eigenvalue weighted by atomic mass is 10.1. The van der Waals surface area contributed by atoms with Crippen molar-refractivity contribution in [3.05, 3.63) is 18.1 Å². The summed E-state index contributed by atoms with van der Waals surface area (Å²) in [5.41, 5.74) is 0.339. The maximum atomic E-state index is 8.59. The van der Waals surface area contributed by atoms with Crippen LogP contribution in [0.25, 0.3) is 0 Å². The summed E-state index contributed by atoms with van der Waals surface area (Å²) >= 11 is 0. The second-order valence-electron chi connectivity index (χ2n) is 4.10. The average Bonchev–Trinajstić information content (AvgIpc) is 2.41. The summed E-state index contributed by atoms with van der Waals surface area (Å²) in [5.74, 6) is 0.708. The van der Waals surface area contributed by atoms with E-state index in [4.69, 9.17) is 10.00 Å². The summed E-state index contributed by atoms with van der Waals surface area (Å²) in [7, 11) is 0. The molecule has 0 spiro atoms. The Kier molecular flexibility index (Phi) is 4.28. The van der Waals surface area contributed by atoms with Crippen molar-refractivity contribution in [3.63, 3.8) is 0 Å². The minimum Gasteiger partial charge on any atom is -0.378 e. The topological polar surface area (TPSA) is 70.8 Å². The van der Waals surface area contributed by atoms with E-state index in [1.165, 1.54) is 19.0 Å². The minimum absolute atomic E-state index is 0.339. The fourth-order valence-corrected chi connectivity index (χ4v) is 1.87. The SMILES string of the molecule is N#Cc1cnc(NCCC2CCCCO2)cn1. The highest BCUT2D eigenvalue weighted by atomic mass is 16.5. The molecule has 1 fully saturated rings. The van der Waals surface area contributed by atoms with Gasteiger partial charge < -0.3 is 10.1 Å². The van der Waals surface area contributed by atoms with Gasteiger partial charge in [0.25, 0.3) is 0 Å². The molecule has 1 atom stereocenters. The van der Waals surface area contributed by atoms with E-state index in [0.29, 0.717) is 17.6 Å². The Balaban J connectivity index is 1.72. The number of hydrogen-bond acceptors (Lipinski definition) is 5. The summed E-state index contributed by atoms with van der Waals surface area (Å²) in [6.07, 6.45) is 8.02. The van der Waals surface area contributed by atoms with Crippen molar-refractivity contribution in [1.82, 2.24) is 9.97 Å². The van der Waals surface area contributed by atoms with Crippen molar-refractivity contribution in [2.24, 2.45) is 0 Å². The standard InChI is InChI=1S/C12H16N4O/c13-7-10-8-16-12(9-15-10)14-5-4-11-3-1-2-6-17-11/h8-9,11H,1-6H2,(H,14,16). The van der Waals surface area contributed by atoms with E-state index in [0.717, 1.165) is 26.0 Å². The van der Waals surface area contributed by atoms with E-state index in [1.54, 1.807) is 6.20 Å². The summed E-state index contributed by atoms with van der Waals surface area (Å²) < 4.78 is 5.63. The normalized spacial score (nSPS) is 19.6. The molecule has 17 heavy (non-hydrogen) atoms. The van der Waals surface area contributed by atoms with Crippen LogP contribution in [0.5, 0.6) is 0 Å². The Hall–Kier alpha value is -1.67. The fourth-order valence-electron chi connectivity index (χ4n) is 1.87. The third-order valence-corrected chi connectivity index (χ3v) is 2.81. The van der Waals surface area contributed by atoms with Crippen LogP contribution in [-0.2, 0) is 4.74 Å². The van der Waals surface area contributed by atoms with Crippen LogP contribution in [-0.4, -0.2) is 29.2 Å². The molecule has 0 aromatic carbocycles. The first-order valence-electron chi connectivity index (χ1n) is 5.96. The van der Waals surface area contributed by atoms with Crippen LogP contribution in [0.4, 0.5) is 5.82 Å². The molecular weight excluding hydrogens is 216 g/mol. The van der Waals surface area contributed by atoms with Gasteiger partial charge >= 0.3 is 0 Å². The quantitative estimate of drug-likeness (QED) is 0.855. The number of nitrogens with zero attached hydrogens (tertiary/aromatic N) is 3. The molecule has 5 nitrogen and oxygen atoms in total. The summed E-state index contributed by atoms with van der Waals surface area (Å²) in [6.45, 7) is 1.71. The van der Waals surface area contributed by atoms with Crippen molar-refractivity contribution < 1.29 is 4.74 Å². The number of hydrogen-bond donors (Lipinski definition) is 1. The second-order valence-corrected chi connectivity index (χ2v) is 4.10. The van der Waals surface area contributed by atoms with Crippen LogP contribution in [0.15, 0.2) is 12.4 Å². The molecule has 1 aromatic heterocycles. The molecule has 1 aromatic rings. The lowest BCUT2D eigenvalue weighted by Crippen LogP contribution is -2.22. The highest BCUT2D eigenvalue weighted by molar-refractivity contribution is 5.32. The minimum atomic E-state index is 0.339. The molecule has 1 N–H and O–H groups in total. The van der Waals surface area contributed by atoms with Crippen molar-refractivity contribution in [3.8, 4) is 6.07 Å². The molecule has 90 valence electrons. The fraction of sp³-hybridized carbons (Fsp3) is 0.583. The highest BCUT2D eigenvalue weighted by Crippen LogP contribution is 2.15. The van der Waals surface area contributed by atoms with Crippen LogP contribution >= 0.6 is 0 Å². The molecule has 0 bridgehead atoms. The number of rotatable bonds is 4. The van der Waals surface area contributed by atoms with Crippen LogP contribution in [0, 0.1) is 11.3 Å². The van der Waals surface area contributed by atoms with E-state index >= 15 is 0 Å². The molecule has 2 heterocycles. The summed E-state index contributed by atoms with van der Waals surface area (Å²) in [5, 5.41) is 11.8. The average molecular weight is 232 g/mol. The van der Waals surface area contributed by atoms with E-state index < -0.39 is 0 Å². The van der Waals surface area contributed by atoms with Crippen LogP contribution < -0.4 is 5.32 Å². The van der Waals surface area contributed by atoms with Crippen molar-refractivity contribution in [2.45, 2.75) is 31.8 Å². The molecule has 0 saturated carbocycles. The van der Waals surface area contributed by atoms with Crippen molar-refractivity contribution >= 4 is 5.82 Å². The molecule has 0 aliphatic carbocycles. The lowest BCUT2D eigenvalue weighted by molar-refractivity contribution is 0.0134. The van der Waals surface area contributed by atoms with Gasteiger partial charge in [0.2, 0.25) is 0 Å². The van der Waals surface area contributed by atoms with Crippen LogP contribution in [0.2, 0.25) is 0 Å². The molecule has 1 aliphatic heterocycles. The van der Waals surface area contributed by atoms with Crippen LogP contribution in [0.3, 0.4) is 0 Å². The Morgan fingerprint density at radius 3 is 3.00 bits per heavy atom. The van der Waals surface area contributed by atoms with Crippen molar-refractivity contribution in [1.29, 1.82) is 5.26 Å². The Bertz CT molecular complexity index is 378. The van der Waals surface area contributed by atoms with Gasteiger partial charge in [0.1, 0.15) is 11.9 Å². The predicted octanol–water partition coefficient (Wildman–Crippen LogP) is 1.72. The Morgan fingerprint density at radius 2 is 2.35 bits per heavy atom. The molecule has 0 radical (unpaired) electrons. The van der Waals surface area contributed by atoms with Gasteiger partial charge in [0.15, 0.2) is 5.69 Å². The number of ether oxygens (including phenoxy) is 1. The first kappa shape index (κ1) is 11.8. The van der Waals surface area contributed by atoms with Crippen molar-refractivity contribution in [2.75, 3.05) is 18.5 Å². The van der Waals surface area contributed by atoms with Gasteiger partial charge in [-0.25, -0.2) is 9.97 Å².